The summed E-state index contributed by atoms with van der Waals surface area (Å²) in [6.45, 7) is 3.51. The Bertz CT molecular complexity index is 460. The molecule has 0 bridgehead atoms. The van der Waals surface area contributed by atoms with Crippen molar-refractivity contribution in [2.45, 2.75) is 57.9 Å². The van der Waals surface area contributed by atoms with Crippen molar-refractivity contribution in [2.75, 3.05) is 38.8 Å². The van der Waals surface area contributed by atoms with E-state index >= 15 is 0 Å². The molecule has 0 aliphatic heterocycles. The van der Waals surface area contributed by atoms with Crippen molar-refractivity contribution in [3.63, 3.8) is 0 Å². The highest BCUT2D eigenvalue weighted by molar-refractivity contribution is 7.90. The molecule has 1 saturated carbocycles. The van der Waals surface area contributed by atoms with Gasteiger partial charge in [0.05, 0.1) is 19.0 Å². The average molecular weight is 362 g/mol. The molecule has 1 aliphatic carbocycles. The summed E-state index contributed by atoms with van der Waals surface area (Å²) in [6, 6.07) is 0.393. The number of aliphatic imine (C=N–C) groups is 1. The normalized spacial score (nSPS) is 18.4. The van der Waals surface area contributed by atoms with Gasteiger partial charge in [0, 0.05) is 25.9 Å². The van der Waals surface area contributed by atoms with Crippen LogP contribution in [0, 0.1) is 5.92 Å². The lowest BCUT2D eigenvalue weighted by atomic mass is 9.85. The first-order valence-corrected chi connectivity index (χ1v) is 11.2. The molecule has 1 fully saturated rings. The summed E-state index contributed by atoms with van der Waals surface area (Å²) >= 11 is 0. The number of rotatable bonds is 10. The smallest absolute Gasteiger partial charge is 0.191 e. The Morgan fingerprint density at radius 1 is 1.25 bits per heavy atom. The van der Waals surface area contributed by atoms with Gasteiger partial charge in [-0.3, -0.25) is 4.99 Å². The molecule has 6 nitrogen and oxygen atoms in total. The van der Waals surface area contributed by atoms with E-state index in [2.05, 4.69) is 22.5 Å². The monoisotopic (exact) mass is 361 g/mol. The Labute approximate surface area is 147 Å². The van der Waals surface area contributed by atoms with Gasteiger partial charge in [0.2, 0.25) is 0 Å². The van der Waals surface area contributed by atoms with Gasteiger partial charge in [-0.1, -0.05) is 32.1 Å². The van der Waals surface area contributed by atoms with Crippen LogP contribution < -0.4 is 10.6 Å². The third kappa shape index (κ3) is 10.9. The molecule has 0 aromatic carbocycles. The SMILES string of the molecule is CN=C(NCCOCCS(C)(=O)=O)NC(C)CCC1CCCCC1. The van der Waals surface area contributed by atoms with Gasteiger partial charge in [-0.2, -0.15) is 0 Å². The summed E-state index contributed by atoms with van der Waals surface area (Å²) in [5, 5.41) is 6.61. The minimum atomic E-state index is -2.95. The molecule has 0 heterocycles. The minimum Gasteiger partial charge on any atom is -0.379 e. The molecule has 7 heteroatoms. The molecule has 1 atom stereocenters. The Morgan fingerprint density at radius 3 is 2.58 bits per heavy atom. The van der Waals surface area contributed by atoms with Gasteiger partial charge in [-0.15, -0.1) is 0 Å². The van der Waals surface area contributed by atoms with E-state index in [0.29, 0.717) is 19.2 Å². The minimum absolute atomic E-state index is 0.0676. The van der Waals surface area contributed by atoms with Gasteiger partial charge in [-0.05, 0) is 25.7 Å². The molecule has 0 spiro atoms. The van der Waals surface area contributed by atoms with E-state index in [1.807, 2.05) is 0 Å². The predicted octanol–water partition coefficient (Wildman–Crippen LogP) is 1.96. The fourth-order valence-corrected chi connectivity index (χ4v) is 3.44. The maximum absolute atomic E-state index is 11.0. The van der Waals surface area contributed by atoms with Crippen molar-refractivity contribution >= 4 is 15.8 Å². The van der Waals surface area contributed by atoms with E-state index in [-0.39, 0.29) is 12.4 Å². The third-order valence-corrected chi connectivity index (χ3v) is 5.38. The van der Waals surface area contributed by atoms with Gasteiger partial charge in [0.15, 0.2) is 5.96 Å². The van der Waals surface area contributed by atoms with E-state index in [1.165, 1.54) is 44.8 Å². The average Bonchev–Trinajstić information content (AvgIpc) is 2.55. The lowest BCUT2D eigenvalue weighted by Gasteiger charge is -2.24. The summed E-state index contributed by atoms with van der Waals surface area (Å²) in [6.07, 6.45) is 10.7. The number of nitrogens with zero attached hydrogens (tertiary/aromatic N) is 1. The van der Waals surface area contributed by atoms with E-state index in [4.69, 9.17) is 4.74 Å². The zero-order chi connectivity index (χ0) is 17.8. The number of ether oxygens (including phenoxy) is 1. The number of nitrogens with one attached hydrogen (secondary N) is 2. The topological polar surface area (TPSA) is 79.8 Å². The van der Waals surface area contributed by atoms with Crippen LogP contribution in [0.25, 0.3) is 0 Å². The van der Waals surface area contributed by atoms with Gasteiger partial charge in [0.25, 0.3) is 0 Å². The molecule has 0 saturated heterocycles. The van der Waals surface area contributed by atoms with Crippen molar-refractivity contribution < 1.29 is 13.2 Å². The van der Waals surface area contributed by atoms with Gasteiger partial charge in [-0.25, -0.2) is 8.42 Å². The molecule has 142 valence electrons. The summed E-state index contributed by atoms with van der Waals surface area (Å²) < 4.78 is 27.3. The Balaban J connectivity index is 2.10. The summed E-state index contributed by atoms with van der Waals surface area (Å²) in [7, 11) is -1.19. The van der Waals surface area contributed by atoms with Crippen LogP contribution in [-0.4, -0.2) is 59.2 Å². The van der Waals surface area contributed by atoms with E-state index in [1.54, 1.807) is 7.05 Å². The standard InChI is InChI=1S/C17H35N3O3S/c1-15(9-10-16-7-5-4-6-8-16)20-17(18-2)19-11-12-23-13-14-24(3,21)22/h15-16H,4-14H2,1-3H3,(H2,18,19,20). The van der Waals surface area contributed by atoms with Crippen molar-refractivity contribution in [1.82, 2.24) is 10.6 Å². The molecule has 0 radical (unpaired) electrons. The molecule has 0 aromatic rings. The summed E-state index contributed by atoms with van der Waals surface area (Å²) in [4.78, 5) is 4.22. The zero-order valence-electron chi connectivity index (χ0n) is 15.5. The molecule has 0 amide bonds. The van der Waals surface area contributed by atoms with E-state index in [9.17, 15) is 8.42 Å². The molecule has 2 N–H and O–H groups in total. The molecule has 1 rings (SSSR count). The van der Waals surface area contributed by atoms with Crippen molar-refractivity contribution in [3.8, 4) is 0 Å². The van der Waals surface area contributed by atoms with Crippen molar-refractivity contribution in [3.05, 3.63) is 0 Å². The van der Waals surface area contributed by atoms with Gasteiger partial charge in [0.1, 0.15) is 9.84 Å². The van der Waals surface area contributed by atoms with Crippen LogP contribution in [0.15, 0.2) is 4.99 Å². The second kappa shape index (κ2) is 11.7. The maximum atomic E-state index is 11.0. The third-order valence-electron chi connectivity index (χ3n) is 4.48. The number of sulfone groups is 1. The first kappa shape index (κ1) is 21.2. The zero-order valence-corrected chi connectivity index (χ0v) is 16.3. The Kier molecular flexibility index (Phi) is 10.3. The fourth-order valence-electron chi connectivity index (χ4n) is 3.02. The van der Waals surface area contributed by atoms with Crippen molar-refractivity contribution in [2.24, 2.45) is 10.9 Å². The second-order valence-corrected chi connectivity index (χ2v) is 9.13. The maximum Gasteiger partial charge on any atom is 0.191 e. The number of guanidine groups is 1. The van der Waals surface area contributed by atoms with Crippen LogP contribution in [0.2, 0.25) is 0 Å². The molecule has 1 unspecified atom stereocenters. The summed E-state index contributed by atoms with van der Waals surface area (Å²) in [5.41, 5.74) is 0. The van der Waals surface area contributed by atoms with Crippen molar-refractivity contribution in [1.29, 1.82) is 0 Å². The highest BCUT2D eigenvalue weighted by Crippen LogP contribution is 2.27. The highest BCUT2D eigenvalue weighted by Gasteiger charge is 2.14. The summed E-state index contributed by atoms with van der Waals surface area (Å²) in [5.74, 6) is 1.75. The number of hydrogen-bond acceptors (Lipinski definition) is 4. The second-order valence-electron chi connectivity index (χ2n) is 6.87. The van der Waals surface area contributed by atoms with Crippen LogP contribution >= 0.6 is 0 Å². The van der Waals surface area contributed by atoms with E-state index < -0.39 is 9.84 Å². The number of hydrogen-bond donors (Lipinski definition) is 2. The van der Waals surface area contributed by atoms with Gasteiger partial charge >= 0.3 is 0 Å². The molecule has 1 aliphatic rings. The van der Waals surface area contributed by atoms with Crippen LogP contribution in [0.4, 0.5) is 0 Å². The lowest BCUT2D eigenvalue weighted by molar-refractivity contribution is 0.154. The first-order valence-electron chi connectivity index (χ1n) is 9.13. The van der Waals surface area contributed by atoms with Crippen LogP contribution in [0.3, 0.4) is 0 Å². The van der Waals surface area contributed by atoms with E-state index in [0.717, 1.165) is 18.3 Å². The molecular weight excluding hydrogens is 326 g/mol. The fraction of sp³-hybridized carbons (Fsp3) is 0.941. The highest BCUT2D eigenvalue weighted by atomic mass is 32.2. The molecule has 0 aromatic heterocycles. The quantitative estimate of drug-likeness (QED) is 0.353. The first-order chi connectivity index (χ1) is 11.4. The van der Waals surface area contributed by atoms with Crippen LogP contribution in [0.5, 0.6) is 0 Å². The Morgan fingerprint density at radius 2 is 1.96 bits per heavy atom. The lowest BCUT2D eigenvalue weighted by Crippen LogP contribution is -2.43. The Hall–Kier alpha value is -0.820. The van der Waals surface area contributed by atoms with Crippen LogP contribution in [0.1, 0.15) is 51.9 Å². The van der Waals surface area contributed by atoms with Crippen LogP contribution in [-0.2, 0) is 14.6 Å². The largest absolute Gasteiger partial charge is 0.379 e. The van der Waals surface area contributed by atoms with Gasteiger partial charge < -0.3 is 15.4 Å². The molecular formula is C17H35N3O3S. The molecule has 24 heavy (non-hydrogen) atoms. The predicted molar refractivity (Wildman–Crippen MR) is 100 cm³/mol.